The third-order valence-corrected chi connectivity index (χ3v) is 9.29. The van der Waals surface area contributed by atoms with E-state index in [0.29, 0.717) is 27.9 Å². The molecule has 1 unspecified atom stereocenters. The molecule has 7 rings (SSSR count). The zero-order chi connectivity index (χ0) is 46.1. The van der Waals surface area contributed by atoms with Gasteiger partial charge in [0.2, 0.25) is 0 Å². The summed E-state index contributed by atoms with van der Waals surface area (Å²) in [6, 6.07) is 42.1. The van der Waals surface area contributed by atoms with Crippen molar-refractivity contribution in [1.82, 2.24) is 4.98 Å². The number of benzene rings is 5. The third-order valence-electron chi connectivity index (χ3n) is 9.29. The Morgan fingerprint density at radius 1 is 0.807 bits per heavy atom. The fourth-order valence-corrected chi connectivity index (χ4v) is 6.78. The van der Waals surface area contributed by atoms with E-state index in [-0.39, 0.29) is 31.7 Å². The van der Waals surface area contributed by atoms with Crippen molar-refractivity contribution in [2.75, 3.05) is 0 Å². The van der Waals surface area contributed by atoms with Crippen LogP contribution in [0.5, 0.6) is 0 Å². The summed E-state index contributed by atoms with van der Waals surface area (Å²) in [6.45, 7) is 10.9. The van der Waals surface area contributed by atoms with E-state index in [1.165, 1.54) is 6.07 Å². The molecule has 3 nitrogen and oxygen atoms in total. The van der Waals surface area contributed by atoms with Crippen molar-refractivity contribution in [3.8, 4) is 33.5 Å². The van der Waals surface area contributed by atoms with Crippen molar-refractivity contribution in [1.29, 1.82) is 0 Å². The molecule has 6 aromatic rings. The first-order valence-electron chi connectivity index (χ1n) is 22.4. The topological polar surface area (TPSA) is 61.2 Å². The van der Waals surface area contributed by atoms with Gasteiger partial charge < -0.3 is 16.1 Å². The molecule has 1 heterocycles. The average molecular weight is 932 g/mol. The quantitative estimate of drug-likeness (QED) is 0.0939. The van der Waals surface area contributed by atoms with Crippen LogP contribution in [-0.2, 0) is 32.9 Å². The molecule has 1 aliphatic carbocycles. The van der Waals surface area contributed by atoms with Gasteiger partial charge in [0.25, 0.3) is 0 Å². The second-order valence-electron chi connectivity index (χ2n) is 16.2. The van der Waals surface area contributed by atoms with E-state index in [1.807, 2.05) is 152 Å². The molecule has 5 aromatic carbocycles. The molecular weight excluding hydrogens is 871 g/mol. The van der Waals surface area contributed by atoms with Crippen LogP contribution in [0, 0.1) is 29.8 Å². The summed E-state index contributed by atoms with van der Waals surface area (Å²) in [6.07, 6.45) is 3.23. The molecule has 0 amide bonds. The van der Waals surface area contributed by atoms with Gasteiger partial charge in [0.15, 0.2) is 0 Å². The number of hydrogen-bond donors (Lipinski definition) is 1. The van der Waals surface area contributed by atoms with Crippen molar-refractivity contribution in [2.45, 2.75) is 74.1 Å². The van der Waals surface area contributed by atoms with Crippen LogP contribution in [0.1, 0.15) is 103 Å². The Morgan fingerprint density at radius 2 is 1.49 bits per heavy atom. The van der Waals surface area contributed by atoms with Crippen molar-refractivity contribution < 1.29 is 29.7 Å². The molecule has 4 heteroatoms. The predicted octanol–water partition coefficient (Wildman–Crippen LogP) is 13.3. The summed E-state index contributed by atoms with van der Waals surface area (Å²) >= 11 is 0. The Bertz CT molecular complexity index is 2650. The number of aryl methyl sites for hydroxylation is 1. The molecule has 57 heavy (non-hydrogen) atoms. The Balaban J connectivity index is 0.000000253. The fraction of sp³-hybridized carbons (Fsp3) is 0.245. The predicted molar refractivity (Wildman–Crippen MR) is 239 cm³/mol. The van der Waals surface area contributed by atoms with Crippen molar-refractivity contribution >= 4 is 17.4 Å². The van der Waals surface area contributed by atoms with Gasteiger partial charge in [-0.2, -0.15) is 6.21 Å². The van der Waals surface area contributed by atoms with Gasteiger partial charge in [0.05, 0.1) is 6.04 Å². The number of nitrogens with two attached hydrogens (primary N) is 1. The first kappa shape index (κ1) is 34.1. The van der Waals surface area contributed by atoms with Crippen LogP contribution in [0.15, 0.2) is 134 Å². The summed E-state index contributed by atoms with van der Waals surface area (Å²) in [5.41, 5.74) is 17.3. The van der Waals surface area contributed by atoms with E-state index < -0.39 is 30.4 Å². The molecule has 0 aliphatic heterocycles. The molecule has 0 spiro atoms. The maximum Gasteiger partial charge on any atom is 3.00 e. The second-order valence-corrected chi connectivity index (χ2v) is 16.2. The monoisotopic (exact) mass is 932 g/mol. The van der Waals surface area contributed by atoms with Gasteiger partial charge in [-0.25, -0.2) is 0 Å². The minimum atomic E-state index is -2.32. The smallest absolute Gasteiger partial charge is 0.811 e. The maximum atomic E-state index is 9.27. The summed E-state index contributed by atoms with van der Waals surface area (Å²) in [7, 11) is 0. The molecular formula is C53H54IrN3. The van der Waals surface area contributed by atoms with Crippen LogP contribution in [0.3, 0.4) is 0 Å². The standard InChI is InChI=1S/C30H29N2.C23H25N.Ir/c1-19-9-11-22(28-14-10-20(18-32-28)17-30(2,3)4)16-26(19)21-12-13-25-27(15-21)23-7-5-6-8-24(23)29(25)31;1-18(20-8-6-5-7-9-20)16-22(14-15-24)21-12-10-19(11-13-21)17-23(2,3)4;/h5-10,12-16,18,29H,17,31H2,1-4H3;5-8,10-16H,17H2,1-4H3;/q-1;-2;+3/b;18-16+,22-14+;/i1D3,17D2;17D2;. The zero-order valence-corrected chi connectivity index (χ0v) is 36.1. The van der Waals surface area contributed by atoms with Crippen LogP contribution in [-0.4, -0.2) is 11.2 Å². The molecule has 1 aromatic heterocycles. The van der Waals surface area contributed by atoms with Gasteiger partial charge in [-0.1, -0.05) is 146 Å². The van der Waals surface area contributed by atoms with E-state index in [4.69, 9.17) is 15.3 Å². The molecule has 2 N–H and O–H groups in total. The number of fused-ring (bicyclic) bond motifs is 3. The average Bonchev–Trinajstić information content (AvgIpc) is 3.53. The number of hydrogen-bond acceptors (Lipinski definition) is 2. The van der Waals surface area contributed by atoms with Crippen LogP contribution in [0.2, 0.25) is 0 Å². The van der Waals surface area contributed by atoms with Crippen LogP contribution in [0.4, 0.5) is 0 Å². The Kier molecular flexibility index (Phi) is 11.1. The molecule has 0 saturated heterocycles. The van der Waals surface area contributed by atoms with Crippen molar-refractivity contribution in [3.05, 3.63) is 190 Å². The van der Waals surface area contributed by atoms with E-state index in [9.17, 15) is 5.41 Å². The van der Waals surface area contributed by atoms with Gasteiger partial charge in [-0.3, -0.25) is 0 Å². The van der Waals surface area contributed by atoms with E-state index >= 15 is 0 Å². The fourth-order valence-electron chi connectivity index (χ4n) is 6.78. The third kappa shape index (κ3) is 11.1. The second kappa shape index (κ2) is 18.5. The Hall–Kier alpha value is -4.99. The molecule has 290 valence electrons. The number of pyridine rings is 1. The largest absolute Gasteiger partial charge is 3.00 e. The van der Waals surface area contributed by atoms with Gasteiger partial charge in [0, 0.05) is 15.8 Å². The molecule has 0 radical (unpaired) electrons. The first-order chi connectivity index (χ1) is 29.5. The number of aromatic nitrogens is 1. The SMILES string of the molecule is [2H]C([2H])([2H])c1c[c-]c(-c2ccc(C([2H])([2H])C(C)(C)C)cn2)cc1-c1ccc2c(c1)-c1ccccc1C2N.[2H]C([2H])(c1ccc(C(/C=C(\C)c2[c-]cccc2)=C/C=[N-])cc1)C(C)(C)C.[Ir+3]. The molecule has 1 aliphatic rings. The van der Waals surface area contributed by atoms with Gasteiger partial charge in [-0.05, 0) is 85.4 Å². The molecule has 0 fully saturated rings. The summed E-state index contributed by atoms with van der Waals surface area (Å²) in [5.74, 6) is 0. The summed E-state index contributed by atoms with van der Waals surface area (Å²) in [4.78, 5) is 4.52. The summed E-state index contributed by atoms with van der Waals surface area (Å²) in [5, 5.41) is 9.27. The Labute approximate surface area is 364 Å². The van der Waals surface area contributed by atoms with Crippen molar-refractivity contribution in [3.63, 3.8) is 0 Å². The van der Waals surface area contributed by atoms with Gasteiger partial charge in [-0.15, -0.1) is 70.8 Å². The molecule has 1 atom stereocenters. The number of rotatable bonds is 8. The number of allylic oxidation sites excluding steroid dienone is 4. The first-order valence-corrected chi connectivity index (χ1v) is 18.9. The van der Waals surface area contributed by atoms with E-state index in [2.05, 4.69) is 17.1 Å². The minimum absolute atomic E-state index is 0. The normalized spacial score (nSPS) is 16.4. The van der Waals surface area contributed by atoms with Crippen LogP contribution >= 0.6 is 0 Å². The van der Waals surface area contributed by atoms with Crippen LogP contribution < -0.4 is 5.73 Å². The van der Waals surface area contributed by atoms with E-state index in [0.717, 1.165) is 56.3 Å². The maximum absolute atomic E-state index is 9.27. The zero-order valence-electron chi connectivity index (χ0n) is 40.7. The molecule has 0 bridgehead atoms. The van der Waals surface area contributed by atoms with Crippen molar-refractivity contribution in [2.24, 2.45) is 16.6 Å². The Morgan fingerprint density at radius 3 is 2.14 bits per heavy atom. The molecule has 0 saturated carbocycles. The number of nitrogens with zero attached hydrogens (tertiary/aromatic N) is 2. The summed E-state index contributed by atoms with van der Waals surface area (Å²) < 4.78 is 58.2. The van der Waals surface area contributed by atoms with Gasteiger partial charge >= 0.3 is 20.1 Å². The van der Waals surface area contributed by atoms with Gasteiger partial charge in [0.1, 0.15) is 0 Å². The minimum Gasteiger partial charge on any atom is -0.811 e. The van der Waals surface area contributed by atoms with Crippen LogP contribution in [0.25, 0.3) is 50.1 Å². The van der Waals surface area contributed by atoms with E-state index in [1.54, 1.807) is 24.4 Å².